The maximum absolute atomic E-state index is 13.2. The number of nitrogens with one attached hydrogen (secondary N) is 4. The van der Waals surface area contributed by atoms with E-state index >= 15 is 0 Å². The minimum Gasteiger partial charge on any atom is -0.444 e. The number of nitrogens with two attached hydrogens (primary N) is 1. The molecule has 2 aliphatic rings. The summed E-state index contributed by atoms with van der Waals surface area (Å²) >= 11 is 0. The number of ketones is 1. The van der Waals surface area contributed by atoms with Crippen LogP contribution in [0.4, 0.5) is 30.4 Å². The van der Waals surface area contributed by atoms with Gasteiger partial charge >= 0.3 is 6.18 Å². The molecule has 5 heterocycles. The third-order valence-electron chi connectivity index (χ3n) is 10.7. The molecule has 1 unspecified atom stereocenters. The SMILES string of the molecule is NC(=O)c1nn(-c2cccc(C(=O)CCCOCCOCCOCCOCCNc3cccc4c3C(=O)N(C3CCC(=O)NC3=O)C4=O)c2)cc1NC(=O)c1coc(-c2ccnc(NCC(F)(F)F)c2)n1. The maximum Gasteiger partial charge on any atom is 0.405 e. The van der Waals surface area contributed by atoms with Gasteiger partial charge in [0.2, 0.25) is 17.7 Å². The molecule has 0 radical (unpaired) electrons. The highest BCUT2D eigenvalue weighted by Crippen LogP contribution is 2.32. The van der Waals surface area contributed by atoms with Crippen LogP contribution in [-0.2, 0) is 28.5 Å². The highest BCUT2D eigenvalue weighted by atomic mass is 19.4. The van der Waals surface area contributed by atoms with Crippen LogP contribution in [0.3, 0.4) is 0 Å². The van der Waals surface area contributed by atoms with Gasteiger partial charge in [0, 0.05) is 49.0 Å². The lowest BCUT2D eigenvalue weighted by atomic mass is 10.0. The van der Waals surface area contributed by atoms with Gasteiger partial charge in [-0.3, -0.25) is 43.8 Å². The Morgan fingerprint density at radius 2 is 1.58 bits per heavy atom. The molecule has 25 heteroatoms. The summed E-state index contributed by atoms with van der Waals surface area (Å²) in [5, 5.41) is 14.2. The smallest absolute Gasteiger partial charge is 0.405 e. The van der Waals surface area contributed by atoms with Gasteiger partial charge in [0.25, 0.3) is 23.6 Å². The number of benzene rings is 2. The highest BCUT2D eigenvalue weighted by molar-refractivity contribution is 6.25. The monoisotopic (exact) mass is 988 g/mol. The van der Waals surface area contributed by atoms with Crippen molar-refractivity contribution in [1.29, 1.82) is 0 Å². The Morgan fingerprint density at radius 1 is 0.859 bits per heavy atom. The number of hydrogen-bond donors (Lipinski definition) is 5. The van der Waals surface area contributed by atoms with Gasteiger partial charge < -0.3 is 45.0 Å². The number of Topliss-reactive ketones (excluding diaryl/α,β-unsaturated/α-hetero) is 1. The van der Waals surface area contributed by atoms with Crippen molar-refractivity contribution in [3.8, 4) is 17.1 Å². The molecule has 6 N–H and O–H groups in total. The van der Waals surface area contributed by atoms with E-state index in [0.717, 1.165) is 11.2 Å². The minimum atomic E-state index is -4.47. The van der Waals surface area contributed by atoms with E-state index in [9.17, 15) is 46.7 Å². The minimum absolute atomic E-state index is 0.0338. The van der Waals surface area contributed by atoms with E-state index in [4.69, 9.17) is 29.1 Å². The van der Waals surface area contributed by atoms with Crippen molar-refractivity contribution in [2.75, 3.05) is 81.9 Å². The summed E-state index contributed by atoms with van der Waals surface area (Å²) in [6.07, 6.45) is -0.153. The van der Waals surface area contributed by atoms with Crippen molar-refractivity contribution >= 4 is 58.4 Å². The number of pyridine rings is 1. The number of anilines is 3. The molecule has 1 fully saturated rings. The molecule has 7 rings (SSSR count). The summed E-state index contributed by atoms with van der Waals surface area (Å²) in [5.74, 6) is -4.40. The number of hydrogen-bond acceptors (Lipinski definition) is 17. The zero-order chi connectivity index (χ0) is 50.5. The van der Waals surface area contributed by atoms with Crippen molar-refractivity contribution in [1.82, 2.24) is 30.0 Å². The quantitative estimate of drug-likeness (QED) is 0.0299. The molecule has 22 nitrogen and oxygen atoms in total. The number of primary amides is 1. The molecule has 0 saturated carbocycles. The summed E-state index contributed by atoms with van der Waals surface area (Å²) in [6.45, 7) is 1.47. The number of ether oxygens (including phenoxy) is 4. The second kappa shape index (κ2) is 23.6. The number of oxazole rings is 1. The van der Waals surface area contributed by atoms with Crippen LogP contribution in [0.5, 0.6) is 0 Å². The first-order valence-corrected chi connectivity index (χ1v) is 22.1. The molecular weight excluding hydrogens is 942 g/mol. The Bertz CT molecular complexity index is 2780. The van der Waals surface area contributed by atoms with E-state index in [0.29, 0.717) is 76.2 Å². The molecule has 1 saturated heterocycles. The number of amides is 6. The van der Waals surface area contributed by atoms with Crippen molar-refractivity contribution in [2.45, 2.75) is 37.9 Å². The van der Waals surface area contributed by atoms with Crippen molar-refractivity contribution in [2.24, 2.45) is 5.73 Å². The molecule has 374 valence electrons. The molecule has 2 aliphatic heterocycles. The predicted molar refractivity (Wildman–Crippen MR) is 243 cm³/mol. The van der Waals surface area contributed by atoms with E-state index in [-0.39, 0.29) is 77.1 Å². The Morgan fingerprint density at radius 3 is 2.30 bits per heavy atom. The zero-order valence-electron chi connectivity index (χ0n) is 37.8. The molecule has 0 aliphatic carbocycles. The topological polar surface area (TPSA) is 291 Å². The van der Waals surface area contributed by atoms with Crippen LogP contribution in [-0.4, -0.2) is 144 Å². The number of fused-ring (bicyclic) bond motifs is 1. The lowest BCUT2D eigenvalue weighted by Crippen LogP contribution is -2.54. The van der Waals surface area contributed by atoms with E-state index in [2.05, 4.69) is 36.3 Å². The first-order valence-electron chi connectivity index (χ1n) is 22.1. The molecular formula is C46H47F3N10O12. The number of piperidine rings is 1. The fraction of sp³-hybridized carbons (Fsp3) is 0.348. The van der Waals surface area contributed by atoms with E-state index in [1.807, 2.05) is 0 Å². The van der Waals surface area contributed by atoms with Crippen LogP contribution in [0.15, 0.2) is 77.7 Å². The first kappa shape index (κ1) is 51.0. The maximum atomic E-state index is 13.2. The average Bonchev–Trinajstić information content (AvgIpc) is 4.08. The summed E-state index contributed by atoms with van der Waals surface area (Å²) in [7, 11) is 0. The molecule has 5 aromatic rings. The predicted octanol–water partition coefficient (Wildman–Crippen LogP) is 3.79. The van der Waals surface area contributed by atoms with Crippen LogP contribution < -0.4 is 27.0 Å². The fourth-order valence-electron chi connectivity index (χ4n) is 7.31. The number of aromatic nitrogens is 4. The van der Waals surface area contributed by atoms with Crippen LogP contribution in [0.1, 0.15) is 77.7 Å². The fourth-order valence-corrected chi connectivity index (χ4v) is 7.31. The van der Waals surface area contributed by atoms with Crippen molar-refractivity contribution in [3.05, 3.63) is 101 Å². The lowest BCUT2D eigenvalue weighted by molar-refractivity contribution is -0.136. The number of halogens is 3. The average molecular weight is 989 g/mol. The molecule has 2 aromatic carbocycles. The summed E-state index contributed by atoms with van der Waals surface area (Å²) in [5.41, 5.74) is 6.77. The van der Waals surface area contributed by atoms with E-state index < -0.39 is 54.2 Å². The second-order valence-electron chi connectivity index (χ2n) is 15.7. The van der Waals surface area contributed by atoms with Gasteiger partial charge in [-0.25, -0.2) is 14.6 Å². The van der Waals surface area contributed by atoms with Gasteiger partial charge in [-0.05, 0) is 49.2 Å². The van der Waals surface area contributed by atoms with Gasteiger partial charge in [-0.15, -0.1) is 0 Å². The third-order valence-corrected chi connectivity index (χ3v) is 10.7. The number of alkyl halides is 3. The van der Waals surface area contributed by atoms with Gasteiger partial charge in [-0.2, -0.15) is 18.3 Å². The highest BCUT2D eigenvalue weighted by Gasteiger charge is 2.45. The number of carbonyl (C=O) groups excluding carboxylic acids is 7. The molecule has 3 aromatic heterocycles. The van der Waals surface area contributed by atoms with Crippen LogP contribution in [0, 0.1) is 0 Å². The van der Waals surface area contributed by atoms with Gasteiger partial charge in [0.1, 0.15) is 24.7 Å². The lowest BCUT2D eigenvalue weighted by Gasteiger charge is -2.27. The van der Waals surface area contributed by atoms with E-state index in [1.165, 1.54) is 35.3 Å². The van der Waals surface area contributed by atoms with Crippen molar-refractivity contribution in [3.63, 3.8) is 0 Å². The normalized spacial score (nSPS) is 14.6. The van der Waals surface area contributed by atoms with Crippen LogP contribution >= 0.6 is 0 Å². The van der Waals surface area contributed by atoms with Crippen molar-refractivity contribution < 1.29 is 70.1 Å². The van der Waals surface area contributed by atoms with E-state index in [1.54, 1.807) is 36.4 Å². The Labute approximate surface area is 401 Å². The Hall–Kier alpha value is -7.87. The number of nitrogens with zero attached hydrogens (tertiary/aromatic N) is 5. The Kier molecular flexibility index (Phi) is 17.0. The Balaban J connectivity index is 0.747. The third kappa shape index (κ3) is 13.5. The number of carbonyl (C=O) groups is 7. The molecule has 1 atom stereocenters. The van der Waals surface area contributed by atoms with Gasteiger partial charge in [0.05, 0.1) is 74.9 Å². The summed E-state index contributed by atoms with van der Waals surface area (Å²) in [6, 6.07) is 12.9. The number of rotatable bonds is 26. The zero-order valence-corrected chi connectivity index (χ0v) is 37.8. The van der Waals surface area contributed by atoms with Gasteiger partial charge in [0.15, 0.2) is 17.2 Å². The molecule has 0 spiro atoms. The first-order chi connectivity index (χ1) is 34.2. The molecule has 6 amide bonds. The standard InChI is InChI=1S/C46H47F3N10O12/c47-46(48,49)26-53-36-23-28(11-12-52-36)43-55-33(25-71-43)41(63)54-32-24-58(57-39(32)40(50)62)29-5-1-4-27(22-29)35(60)8-3-14-67-16-18-69-20-21-70-19-17-68-15-13-51-31-7-2-6-30-38(31)45(66)59(44(30)65)34-9-10-37(61)56-42(34)64/h1-2,4-7,11-12,22-25,34,51H,3,8-10,13-21,26H2,(H2,50,62)(H,52,53)(H,54,63)(H,56,61,64). The largest absolute Gasteiger partial charge is 0.444 e. The van der Waals surface area contributed by atoms with Gasteiger partial charge in [-0.1, -0.05) is 18.2 Å². The van der Waals surface area contributed by atoms with Crippen LogP contribution in [0.2, 0.25) is 0 Å². The molecule has 71 heavy (non-hydrogen) atoms. The summed E-state index contributed by atoms with van der Waals surface area (Å²) < 4.78 is 66.8. The second-order valence-corrected chi connectivity index (χ2v) is 15.7. The van der Waals surface area contributed by atoms with Crippen LogP contribution in [0.25, 0.3) is 17.1 Å². The summed E-state index contributed by atoms with van der Waals surface area (Å²) in [4.78, 5) is 97.5. The molecule has 0 bridgehead atoms. The number of imide groups is 2.